The molecule has 134 valence electrons. The van der Waals surface area contributed by atoms with Crippen molar-refractivity contribution in [2.75, 3.05) is 5.32 Å². The molecule has 3 rings (SSSR count). The molecule has 0 bridgehead atoms. The van der Waals surface area contributed by atoms with E-state index in [0.29, 0.717) is 6.42 Å². The van der Waals surface area contributed by atoms with E-state index in [0.717, 1.165) is 35.6 Å². The fraction of sp³-hybridized carbons (Fsp3) is 0.273. The summed E-state index contributed by atoms with van der Waals surface area (Å²) in [6.45, 7) is 6.04. The third kappa shape index (κ3) is 4.02. The lowest BCUT2D eigenvalue weighted by Crippen LogP contribution is -2.13. The van der Waals surface area contributed by atoms with Crippen LogP contribution in [0.15, 0.2) is 54.6 Å². The van der Waals surface area contributed by atoms with E-state index in [1.165, 1.54) is 11.1 Å². The number of nitrogens with one attached hydrogen (secondary N) is 1. The molecule has 0 saturated carbocycles. The van der Waals surface area contributed by atoms with E-state index in [1.807, 2.05) is 48.9 Å². The van der Waals surface area contributed by atoms with E-state index in [1.54, 1.807) is 0 Å². The van der Waals surface area contributed by atoms with E-state index < -0.39 is 0 Å². The second kappa shape index (κ2) is 8.00. The average Bonchev–Trinajstić information content (AvgIpc) is 2.95. The number of anilines is 1. The molecule has 3 aromatic rings. The molecule has 0 atom stereocenters. The number of nitrogens with zero attached hydrogens (tertiary/aromatic N) is 2. The van der Waals surface area contributed by atoms with Gasteiger partial charge in [-0.25, -0.2) is 4.68 Å². The highest BCUT2D eigenvalue weighted by molar-refractivity contribution is 5.92. The maximum atomic E-state index is 12.4. The van der Waals surface area contributed by atoms with Crippen LogP contribution in [0.4, 0.5) is 5.69 Å². The lowest BCUT2D eigenvalue weighted by atomic mass is 10.1. The Morgan fingerprint density at radius 2 is 1.65 bits per heavy atom. The largest absolute Gasteiger partial charge is 0.323 e. The van der Waals surface area contributed by atoms with Gasteiger partial charge < -0.3 is 5.32 Å². The highest BCUT2D eigenvalue weighted by Gasteiger charge is 2.15. The van der Waals surface area contributed by atoms with Gasteiger partial charge in [0.15, 0.2) is 0 Å². The molecule has 1 N–H and O–H groups in total. The number of hydrogen-bond donors (Lipinski definition) is 1. The van der Waals surface area contributed by atoms with E-state index in [2.05, 4.69) is 41.6 Å². The number of aromatic nitrogens is 2. The van der Waals surface area contributed by atoms with Gasteiger partial charge in [-0.15, -0.1) is 0 Å². The topological polar surface area (TPSA) is 46.9 Å². The molecule has 0 aliphatic heterocycles. The van der Waals surface area contributed by atoms with Gasteiger partial charge in [0.2, 0.25) is 5.91 Å². The first-order valence-electron chi connectivity index (χ1n) is 9.07. The van der Waals surface area contributed by atoms with Crippen LogP contribution in [-0.4, -0.2) is 15.7 Å². The first-order valence-corrected chi connectivity index (χ1v) is 9.07. The number of rotatable bonds is 6. The summed E-state index contributed by atoms with van der Waals surface area (Å²) in [5.74, 6) is 0.0170. The van der Waals surface area contributed by atoms with Gasteiger partial charge in [0, 0.05) is 6.42 Å². The molecular weight excluding hydrogens is 322 g/mol. The molecular formula is C22H25N3O. The molecule has 0 radical (unpaired) electrons. The number of aryl methyl sites for hydroxylation is 3. The average molecular weight is 347 g/mol. The second-order valence-corrected chi connectivity index (χ2v) is 6.51. The zero-order chi connectivity index (χ0) is 18.5. The molecule has 0 spiro atoms. The van der Waals surface area contributed by atoms with Gasteiger partial charge >= 0.3 is 0 Å². The monoisotopic (exact) mass is 347 g/mol. The summed E-state index contributed by atoms with van der Waals surface area (Å²) in [4.78, 5) is 12.4. The molecule has 26 heavy (non-hydrogen) atoms. The minimum atomic E-state index is 0.0170. The Balaban J connectivity index is 1.66. The fourth-order valence-electron chi connectivity index (χ4n) is 3.05. The Morgan fingerprint density at radius 1 is 1.00 bits per heavy atom. The van der Waals surface area contributed by atoms with Crippen LogP contribution < -0.4 is 5.32 Å². The van der Waals surface area contributed by atoms with Crippen molar-refractivity contribution >= 4 is 11.6 Å². The smallest absolute Gasteiger partial charge is 0.224 e. The minimum Gasteiger partial charge on any atom is -0.323 e. The molecule has 0 fully saturated rings. The summed E-state index contributed by atoms with van der Waals surface area (Å²) in [5, 5.41) is 7.61. The number of carbonyl (C=O) groups is 1. The predicted molar refractivity (Wildman–Crippen MR) is 106 cm³/mol. The molecule has 1 aromatic heterocycles. The Morgan fingerprint density at radius 3 is 2.31 bits per heavy atom. The van der Waals surface area contributed by atoms with Crippen LogP contribution >= 0.6 is 0 Å². The fourth-order valence-corrected chi connectivity index (χ4v) is 3.05. The third-order valence-corrected chi connectivity index (χ3v) is 4.63. The molecule has 2 aromatic carbocycles. The van der Waals surface area contributed by atoms with Crippen LogP contribution in [0.2, 0.25) is 0 Å². The minimum absolute atomic E-state index is 0.0170. The number of para-hydroxylation sites is 1. The van der Waals surface area contributed by atoms with Crippen molar-refractivity contribution in [3.8, 4) is 5.69 Å². The van der Waals surface area contributed by atoms with E-state index in [-0.39, 0.29) is 5.91 Å². The van der Waals surface area contributed by atoms with Gasteiger partial charge in [-0.05, 0) is 49.9 Å². The highest BCUT2D eigenvalue weighted by atomic mass is 16.1. The number of amides is 1. The van der Waals surface area contributed by atoms with Crippen molar-refractivity contribution in [3.05, 3.63) is 77.1 Å². The van der Waals surface area contributed by atoms with Gasteiger partial charge in [0.05, 0.1) is 22.8 Å². The van der Waals surface area contributed by atoms with E-state index >= 15 is 0 Å². The zero-order valence-electron chi connectivity index (χ0n) is 15.6. The van der Waals surface area contributed by atoms with Gasteiger partial charge in [-0.1, -0.05) is 49.4 Å². The first-order chi connectivity index (χ1) is 12.6. The summed E-state index contributed by atoms with van der Waals surface area (Å²) < 4.78 is 1.87. The molecule has 4 nitrogen and oxygen atoms in total. The van der Waals surface area contributed by atoms with Gasteiger partial charge in [-0.2, -0.15) is 5.10 Å². The number of benzene rings is 2. The van der Waals surface area contributed by atoms with Crippen molar-refractivity contribution in [1.29, 1.82) is 0 Å². The van der Waals surface area contributed by atoms with Crippen LogP contribution in [0.3, 0.4) is 0 Å². The summed E-state index contributed by atoms with van der Waals surface area (Å²) in [7, 11) is 0. The van der Waals surface area contributed by atoms with Crippen LogP contribution in [-0.2, 0) is 17.6 Å². The van der Waals surface area contributed by atoms with Gasteiger partial charge in [0.1, 0.15) is 0 Å². The van der Waals surface area contributed by atoms with Crippen LogP contribution in [0.25, 0.3) is 5.69 Å². The van der Waals surface area contributed by atoms with Crippen molar-refractivity contribution in [2.24, 2.45) is 0 Å². The standard InChI is InChI=1S/C22H25N3O/c1-4-18-10-12-19(13-11-18)14-15-21(26)23-22-16(2)24-25(17(22)3)20-8-6-5-7-9-20/h5-13H,4,14-15H2,1-3H3,(H,23,26). The second-order valence-electron chi connectivity index (χ2n) is 6.51. The lowest BCUT2D eigenvalue weighted by Gasteiger charge is -2.07. The Bertz CT molecular complexity index is 880. The highest BCUT2D eigenvalue weighted by Crippen LogP contribution is 2.23. The Hall–Kier alpha value is -2.88. The molecule has 1 amide bonds. The number of hydrogen-bond acceptors (Lipinski definition) is 2. The molecule has 0 saturated heterocycles. The van der Waals surface area contributed by atoms with Crippen molar-refractivity contribution in [1.82, 2.24) is 9.78 Å². The first kappa shape index (κ1) is 17.9. The van der Waals surface area contributed by atoms with Crippen molar-refractivity contribution < 1.29 is 4.79 Å². The van der Waals surface area contributed by atoms with Crippen LogP contribution in [0, 0.1) is 13.8 Å². The predicted octanol–water partition coefficient (Wildman–Crippen LogP) is 4.62. The maximum Gasteiger partial charge on any atom is 0.224 e. The molecule has 0 aliphatic carbocycles. The number of carbonyl (C=O) groups excluding carboxylic acids is 1. The molecule has 1 heterocycles. The van der Waals surface area contributed by atoms with Crippen molar-refractivity contribution in [3.63, 3.8) is 0 Å². The normalized spacial score (nSPS) is 10.7. The van der Waals surface area contributed by atoms with E-state index in [9.17, 15) is 4.79 Å². The summed E-state index contributed by atoms with van der Waals surface area (Å²) in [6, 6.07) is 18.4. The summed E-state index contributed by atoms with van der Waals surface area (Å²) >= 11 is 0. The Kier molecular flexibility index (Phi) is 5.52. The van der Waals surface area contributed by atoms with Gasteiger partial charge in [0.25, 0.3) is 0 Å². The lowest BCUT2D eigenvalue weighted by molar-refractivity contribution is -0.116. The molecule has 0 aliphatic rings. The molecule has 0 unspecified atom stereocenters. The van der Waals surface area contributed by atoms with E-state index in [4.69, 9.17) is 0 Å². The summed E-state index contributed by atoms with van der Waals surface area (Å²) in [6.07, 6.45) is 2.23. The summed E-state index contributed by atoms with van der Waals surface area (Å²) in [5.41, 5.74) is 6.06. The van der Waals surface area contributed by atoms with Crippen molar-refractivity contribution in [2.45, 2.75) is 40.0 Å². The van der Waals surface area contributed by atoms with Crippen LogP contribution in [0.1, 0.15) is 35.9 Å². The zero-order valence-corrected chi connectivity index (χ0v) is 15.6. The maximum absolute atomic E-state index is 12.4. The quantitative estimate of drug-likeness (QED) is 0.707. The van der Waals surface area contributed by atoms with Gasteiger partial charge in [-0.3, -0.25) is 4.79 Å². The van der Waals surface area contributed by atoms with Crippen LogP contribution in [0.5, 0.6) is 0 Å². The SMILES string of the molecule is CCc1ccc(CCC(=O)Nc2c(C)nn(-c3ccccc3)c2C)cc1. The third-order valence-electron chi connectivity index (χ3n) is 4.63. The Labute approximate surface area is 154 Å². The molecule has 4 heteroatoms.